The highest BCUT2D eigenvalue weighted by molar-refractivity contribution is 5.78. The molecule has 0 radical (unpaired) electrons. The molecule has 2 aliphatic rings. The highest BCUT2D eigenvalue weighted by Crippen LogP contribution is 2.24. The van der Waals surface area contributed by atoms with Gasteiger partial charge >= 0.3 is 6.03 Å². The van der Waals surface area contributed by atoms with Crippen LogP contribution in [0, 0.1) is 0 Å². The zero-order chi connectivity index (χ0) is 19.1. The number of carbonyl (C=O) groups excluding carboxylic acids is 2. The number of rotatable bonds is 6. The highest BCUT2D eigenvalue weighted by Gasteiger charge is 2.35. The van der Waals surface area contributed by atoms with E-state index in [1.165, 1.54) is 0 Å². The Bertz CT molecular complexity index is 619. The van der Waals surface area contributed by atoms with Gasteiger partial charge in [0.15, 0.2) is 6.29 Å². The van der Waals surface area contributed by atoms with Crippen LogP contribution in [0.2, 0.25) is 0 Å². The first-order valence-electron chi connectivity index (χ1n) is 9.71. The van der Waals surface area contributed by atoms with Crippen LogP contribution in [0.5, 0.6) is 0 Å². The standard InChI is InChI=1S/C20H29N3O4/c1-22(15-16-7-3-2-4-8-16)20(25)21-11-10-18(24)23-12-6-5-9-17(23)19-26-13-14-27-19/h2-4,7-8,17,19H,5-6,9-15H2,1H3,(H,21,25). The van der Waals surface area contributed by atoms with Gasteiger partial charge < -0.3 is 24.6 Å². The van der Waals surface area contributed by atoms with Crippen LogP contribution in [0.15, 0.2) is 30.3 Å². The molecule has 0 aliphatic carbocycles. The average molecular weight is 375 g/mol. The summed E-state index contributed by atoms with van der Waals surface area (Å²) in [5.41, 5.74) is 1.07. The highest BCUT2D eigenvalue weighted by atomic mass is 16.7. The van der Waals surface area contributed by atoms with Gasteiger partial charge in [-0.25, -0.2) is 4.79 Å². The number of piperidine rings is 1. The number of carbonyl (C=O) groups is 2. The summed E-state index contributed by atoms with van der Waals surface area (Å²) in [5.74, 6) is 0.0461. The third kappa shape index (κ3) is 5.43. The molecule has 7 heteroatoms. The Morgan fingerprint density at radius 3 is 2.67 bits per heavy atom. The van der Waals surface area contributed by atoms with Crippen LogP contribution in [0.1, 0.15) is 31.2 Å². The molecular formula is C20H29N3O4. The zero-order valence-corrected chi connectivity index (χ0v) is 15.9. The average Bonchev–Trinajstić information content (AvgIpc) is 3.23. The maximum Gasteiger partial charge on any atom is 0.317 e. The van der Waals surface area contributed by atoms with E-state index in [2.05, 4.69) is 5.32 Å². The maximum absolute atomic E-state index is 12.7. The van der Waals surface area contributed by atoms with Crippen molar-refractivity contribution < 1.29 is 19.1 Å². The molecule has 0 saturated carbocycles. The van der Waals surface area contributed by atoms with Gasteiger partial charge in [0.1, 0.15) is 0 Å². The minimum Gasteiger partial charge on any atom is -0.348 e. The van der Waals surface area contributed by atoms with Crippen LogP contribution in [-0.4, -0.2) is 67.4 Å². The zero-order valence-electron chi connectivity index (χ0n) is 15.9. The normalized spacial score (nSPS) is 20.5. The predicted octanol–water partition coefficient (Wildman–Crippen LogP) is 1.97. The third-order valence-electron chi connectivity index (χ3n) is 5.06. The Morgan fingerprint density at radius 1 is 1.19 bits per heavy atom. The number of urea groups is 1. The van der Waals surface area contributed by atoms with Crippen molar-refractivity contribution in [2.45, 2.75) is 44.6 Å². The molecule has 1 aromatic rings. The molecule has 1 atom stereocenters. The Labute approximate surface area is 160 Å². The van der Waals surface area contributed by atoms with Crippen LogP contribution in [0.4, 0.5) is 4.79 Å². The molecule has 0 bridgehead atoms. The number of nitrogens with zero attached hydrogens (tertiary/aromatic N) is 2. The van der Waals surface area contributed by atoms with Crippen LogP contribution in [0.3, 0.4) is 0 Å². The molecule has 3 rings (SSSR count). The Balaban J connectivity index is 1.43. The molecule has 1 N–H and O–H groups in total. The summed E-state index contributed by atoms with van der Waals surface area (Å²) in [6.07, 6.45) is 2.97. The predicted molar refractivity (Wildman–Crippen MR) is 101 cm³/mol. The van der Waals surface area contributed by atoms with E-state index in [0.29, 0.717) is 26.3 Å². The van der Waals surface area contributed by atoms with Gasteiger partial charge in [-0.1, -0.05) is 30.3 Å². The van der Waals surface area contributed by atoms with Crippen molar-refractivity contribution >= 4 is 11.9 Å². The molecular weight excluding hydrogens is 346 g/mol. The van der Waals surface area contributed by atoms with Crippen LogP contribution in [-0.2, 0) is 20.8 Å². The molecule has 7 nitrogen and oxygen atoms in total. The van der Waals surface area contributed by atoms with Crippen LogP contribution >= 0.6 is 0 Å². The fourth-order valence-electron chi connectivity index (χ4n) is 3.63. The van der Waals surface area contributed by atoms with Crippen molar-refractivity contribution in [3.8, 4) is 0 Å². The first kappa shape index (κ1) is 19.6. The SMILES string of the molecule is CN(Cc1ccccc1)C(=O)NCCC(=O)N1CCCCC1C1OCCO1. The van der Waals surface area contributed by atoms with Crippen molar-refractivity contribution in [2.24, 2.45) is 0 Å². The lowest BCUT2D eigenvalue weighted by molar-refractivity contribution is -0.150. The molecule has 2 saturated heterocycles. The maximum atomic E-state index is 12.7. The number of hydrogen-bond acceptors (Lipinski definition) is 4. The second-order valence-corrected chi connectivity index (χ2v) is 7.08. The molecule has 2 heterocycles. The second kappa shape index (κ2) is 9.71. The number of ether oxygens (including phenoxy) is 2. The van der Waals surface area contributed by atoms with E-state index >= 15 is 0 Å². The molecule has 3 amide bonds. The number of hydrogen-bond donors (Lipinski definition) is 1. The molecule has 27 heavy (non-hydrogen) atoms. The van der Waals surface area contributed by atoms with Crippen LogP contribution in [0.25, 0.3) is 0 Å². The number of amides is 3. The van der Waals surface area contributed by atoms with E-state index in [1.807, 2.05) is 35.2 Å². The molecule has 2 aliphatic heterocycles. The Kier molecular flexibility index (Phi) is 7.06. The van der Waals surface area contributed by atoms with Crippen molar-refractivity contribution in [3.05, 3.63) is 35.9 Å². The smallest absolute Gasteiger partial charge is 0.317 e. The summed E-state index contributed by atoms with van der Waals surface area (Å²) >= 11 is 0. The van der Waals surface area contributed by atoms with Gasteiger partial charge in [0.25, 0.3) is 0 Å². The van der Waals surface area contributed by atoms with Gasteiger partial charge in [-0.15, -0.1) is 0 Å². The summed E-state index contributed by atoms with van der Waals surface area (Å²) in [5, 5.41) is 2.83. The van der Waals surface area contributed by atoms with Gasteiger partial charge in [-0.2, -0.15) is 0 Å². The Morgan fingerprint density at radius 2 is 1.93 bits per heavy atom. The van der Waals surface area contributed by atoms with Crippen molar-refractivity contribution in [2.75, 3.05) is 33.4 Å². The van der Waals surface area contributed by atoms with E-state index in [0.717, 1.165) is 31.4 Å². The minimum absolute atomic E-state index is 0.00907. The fraction of sp³-hybridized carbons (Fsp3) is 0.600. The van der Waals surface area contributed by atoms with Crippen molar-refractivity contribution in [1.29, 1.82) is 0 Å². The molecule has 0 aromatic heterocycles. The number of likely N-dealkylation sites (tertiary alicyclic amines) is 1. The monoisotopic (exact) mass is 375 g/mol. The second-order valence-electron chi connectivity index (χ2n) is 7.08. The number of nitrogens with one attached hydrogen (secondary N) is 1. The lowest BCUT2D eigenvalue weighted by atomic mass is 10.0. The van der Waals surface area contributed by atoms with Gasteiger partial charge in [0.05, 0.1) is 19.3 Å². The molecule has 148 valence electrons. The Hall–Kier alpha value is -2.12. The van der Waals surface area contributed by atoms with Gasteiger partial charge in [0.2, 0.25) is 5.91 Å². The summed E-state index contributed by atoms with van der Waals surface area (Å²) in [6.45, 7) is 2.77. The van der Waals surface area contributed by atoms with Crippen molar-refractivity contribution in [3.63, 3.8) is 0 Å². The van der Waals surface area contributed by atoms with E-state index < -0.39 is 0 Å². The van der Waals surface area contributed by atoms with E-state index in [-0.39, 0.29) is 30.7 Å². The summed E-state index contributed by atoms with van der Waals surface area (Å²) in [7, 11) is 1.75. The summed E-state index contributed by atoms with van der Waals surface area (Å²) in [6, 6.07) is 9.63. The number of benzene rings is 1. The molecule has 1 aromatic carbocycles. The van der Waals surface area contributed by atoms with E-state index in [1.54, 1.807) is 11.9 Å². The largest absolute Gasteiger partial charge is 0.348 e. The molecule has 1 unspecified atom stereocenters. The van der Waals surface area contributed by atoms with Gasteiger partial charge in [-0.3, -0.25) is 4.79 Å². The third-order valence-corrected chi connectivity index (χ3v) is 5.06. The first-order chi connectivity index (χ1) is 13.1. The molecule has 2 fully saturated rings. The van der Waals surface area contributed by atoms with E-state index in [4.69, 9.17) is 9.47 Å². The van der Waals surface area contributed by atoms with Gasteiger partial charge in [-0.05, 0) is 24.8 Å². The van der Waals surface area contributed by atoms with Gasteiger partial charge in [0, 0.05) is 33.1 Å². The van der Waals surface area contributed by atoms with Crippen LogP contribution < -0.4 is 5.32 Å². The summed E-state index contributed by atoms with van der Waals surface area (Å²) < 4.78 is 11.2. The lowest BCUT2D eigenvalue weighted by Crippen LogP contribution is -2.50. The quantitative estimate of drug-likeness (QED) is 0.825. The van der Waals surface area contributed by atoms with E-state index in [9.17, 15) is 9.59 Å². The van der Waals surface area contributed by atoms with Crippen molar-refractivity contribution in [1.82, 2.24) is 15.1 Å². The molecule has 0 spiro atoms. The fourth-order valence-corrected chi connectivity index (χ4v) is 3.63. The lowest BCUT2D eigenvalue weighted by Gasteiger charge is -2.38. The minimum atomic E-state index is -0.305. The summed E-state index contributed by atoms with van der Waals surface area (Å²) in [4.78, 5) is 28.4. The topological polar surface area (TPSA) is 71.1 Å². The first-order valence-corrected chi connectivity index (χ1v) is 9.71.